The van der Waals surface area contributed by atoms with Crippen LogP contribution in [0.2, 0.25) is 0 Å². The van der Waals surface area contributed by atoms with Gasteiger partial charge in [-0.25, -0.2) is 0 Å². The summed E-state index contributed by atoms with van der Waals surface area (Å²) in [5.41, 5.74) is 0. The number of thioether (sulfide) groups is 1. The Morgan fingerprint density at radius 2 is 0.653 bits per heavy atom. The number of hydrogen-bond acceptors (Lipinski definition) is 5. The molecule has 0 spiro atoms. The number of carbonyl (C=O) groups is 4. The molecular formula is C42H78O6S. The monoisotopic (exact) mass is 711 g/mol. The molecule has 0 atom stereocenters. The van der Waals surface area contributed by atoms with Gasteiger partial charge in [0.1, 0.15) is 4.75 Å². The van der Waals surface area contributed by atoms with Crippen LogP contribution >= 0.6 is 11.8 Å². The molecule has 0 aliphatic carbocycles. The summed E-state index contributed by atoms with van der Waals surface area (Å²) < 4.78 is -1.67. The van der Waals surface area contributed by atoms with Crippen LogP contribution in [-0.2, 0) is 19.2 Å². The lowest BCUT2D eigenvalue weighted by Crippen LogP contribution is -2.46. The van der Waals surface area contributed by atoms with Crippen molar-refractivity contribution in [1.29, 1.82) is 0 Å². The summed E-state index contributed by atoms with van der Waals surface area (Å²) in [5.74, 6) is -2.80. The smallest absolute Gasteiger partial charge is 0.305 e. The van der Waals surface area contributed by atoms with Gasteiger partial charge < -0.3 is 10.2 Å². The highest BCUT2D eigenvalue weighted by atomic mass is 32.2. The molecular weight excluding hydrogens is 633 g/mol. The third kappa shape index (κ3) is 29.0. The second kappa shape index (κ2) is 35.1. The van der Waals surface area contributed by atoms with E-state index in [-0.39, 0.29) is 36.6 Å². The van der Waals surface area contributed by atoms with Crippen molar-refractivity contribution in [2.24, 2.45) is 0 Å². The van der Waals surface area contributed by atoms with Gasteiger partial charge in [0.15, 0.2) is 11.6 Å². The number of ketones is 2. The maximum atomic E-state index is 13.6. The van der Waals surface area contributed by atoms with Gasteiger partial charge in [-0.1, -0.05) is 194 Å². The number of rotatable bonds is 40. The first-order valence-corrected chi connectivity index (χ1v) is 21.9. The molecule has 0 fully saturated rings. The summed E-state index contributed by atoms with van der Waals surface area (Å²) in [5, 5.41) is 18.9. The zero-order chi connectivity index (χ0) is 36.3. The van der Waals surface area contributed by atoms with Gasteiger partial charge in [0.2, 0.25) is 0 Å². The molecule has 2 N–H and O–H groups in total. The maximum absolute atomic E-state index is 13.6. The summed E-state index contributed by atoms with van der Waals surface area (Å²) in [6, 6.07) is 0. The summed E-state index contributed by atoms with van der Waals surface area (Å²) in [6.45, 7) is 4.51. The van der Waals surface area contributed by atoms with Crippen LogP contribution in [0.3, 0.4) is 0 Å². The summed E-state index contributed by atoms with van der Waals surface area (Å²) in [4.78, 5) is 50.2. The maximum Gasteiger partial charge on any atom is 0.305 e. The number of Topliss-reactive ketones (excluding diaryl/α,β-unsaturated/α-hetero) is 2. The van der Waals surface area contributed by atoms with Gasteiger partial charge >= 0.3 is 11.9 Å². The molecule has 0 unspecified atom stereocenters. The Bertz CT molecular complexity index is 767. The van der Waals surface area contributed by atoms with Gasteiger partial charge in [-0.15, -0.1) is 11.8 Å². The second-order valence-corrected chi connectivity index (χ2v) is 16.0. The summed E-state index contributed by atoms with van der Waals surface area (Å²) >= 11 is 0.956. The van der Waals surface area contributed by atoms with E-state index in [0.29, 0.717) is 12.8 Å². The highest BCUT2D eigenvalue weighted by molar-refractivity contribution is 8.02. The number of hydrogen-bond donors (Lipinski definition) is 2. The van der Waals surface area contributed by atoms with E-state index in [1.807, 2.05) is 0 Å². The van der Waals surface area contributed by atoms with E-state index in [4.69, 9.17) is 0 Å². The largest absolute Gasteiger partial charge is 0.481 e. The Hall–Kier alpha value is -1.37. The molecule has 0 bridgehead atoms. The molecule has 0 aliphatic heterocycles. The fraction of sp³-hybridized carbons (Fsp3) is 0.905. The quantitative estimate of drug-likeness (QED) is 0.0481. The van der Waals surface area contributed by atoms with Crippen LogP contribution in [0.1, 0.15) is 232 Å². The van der Waals surface area contributed by atoms with Crippen molar-refractivity contribution in [3.8, 4) is 0 Å². The minimum atomic E-state index is -1.67. The Morgan fingerprint density at radius 1 is 0.388 bits per heavy atom. The van der Waals surface area contributed by atoms with Crippen molar-refractivity contribution < 1.29 is 29.4 Å². The highest BCUT2D eigenvalue weighted by Gasteiger charge is 2.46. The van der Waals surface area contributed by atoms with Crippen LogP contribution in [0.5, 0.6) is 0 Å². The molecule has 0 radical (unpaired) electrons. The topological polar surface area (TPSA) is 109 Å². The van der Waals surface area contributed by atoms with E-state index in [1.54, 1.807) is 0 Å². The normalized spacial score (nSPS) is 11.6. The first kappa shape index (κ1) is 47.6. The molecule has 0 aromatic heterocycles. The van der Waals surface area contributed by atoms with E-state index in [1.165, 1.54) is 141 Å². The molecule has 0 heterocycles. The van der Waals surface area contributed by atoms with Crippen LogP contribution in [0.25, 0.3) is 0 Å². The van der Waals surface area contributed by atoms with Crippen LogP contribution in [0.15, 0.2) is 0 Å². The number of carbonyl (C=O) groups excluding carboxylic acids is 2. The van der Waals surface area contributed by atoms with Crippen LogP contribution in [0.4, 0.5) is 0 Å². The zero-order valence-corrected chi connectivity index (χ0v) is 33.0. The van der Waals surface area contributed by atoms with Gasteiger partial charge in [0.05, 0.1) is 12.8 Å². The van der Waals surface area contributed by atoms with Crippen LogP contribution in [0, 0.1) is 0 Å². The van der Waals surface area contributed by atoms with Gasteiger partial charge in [-0.2, -0.15) is 0 Å². The summed E-state index contributed by atoms with van der Waals surface area (Å²) in [6.07, 6.45) is 36.1. The molecule has 0 rings (SSSR count). The average Bonchev–Trinajstić information content (AvgIpc) is 3.07. The van der Waals surface area contributed by atoms with Crippen molar-refractivity contribution in [3.05, 3.63) is 0 Å². The summed E-state index contributed by atoms with van der Waals surface area (Å²) in [7, 11) is 0. The lowest BCUT2D eigenvalue weighted by Gasteiger charge is -2.29. The molecule has 0 saturated heterocycles. The van der Waals surface area contributed by atoms with Crippen molar-refractivity contribution in [1.82, 2.24) is 0 Å². The van der Waals surface area contributed by atoms with E-state index in [9.17, 15) is 29.4 Å². The molecule has 288 valence electrons. The third-order valence-electron chi connectivity index (χ3n) is 9.98. The molecule has 0 aromatic rings. The SMILES string of the molecule is CCCCCCCCCCCCCCCCCC(=O)C(CC(=O)O)(SCCC(=O)O)C(=O)CCCCCCCCCCCCCCCCC. The molecule has 0 aromatic carbocycles. The van der Waals surface area contributed by atoms with Crippen molar-refractivity contribution in [3.63, 3.8) is 0 Å². The molecule has 0 aliphatic rings. The molecule has 49 heavy (non-hydrogen) atoms. The number of carboxylic acid groups (broad SMARTS) is 2. The van der Waals surface area contributed by atoms with E-state index >= 15 is 0 Å². The van der Waals surface area contributed by atoms with Gasteiger partial charge in [-0.3, -0.25) is 19.2 Å². The zero-order valence-electron chi connectivity index (χ0n) is 32.2. The van der Waals surface area contributed by atoms with Gasteiger partial charge in [0.25, 0.3) is 0 Å². The fourth-order valence-electron chi connectivity index (χ4n) is 6.81. The van der Waals surface area contributed by atoms with Crippen LogP contribution < -0.4 is 0 Å². The minimum Gasteiger partial charge on any atom is -0.481 e. The number of aliphatic carboxylic acids is 2. The molecule has 6 nitrogen and oxygen atoms in total. The molecule has 7 heteroatoms. The van der Waals surface area contributed by atoms with Crippen molar-refractivity contribution >= 4 is 35.3 Å². The van der Waals surface area contributed by atoms with Gasteiger partial charge in [0, 0.05) is 18.6 Å². The van der Waals surface area contributed by atoms with E-state index < -0.39 is 23.1 Å². The Balaban J connectivity index is 4.44. The molecule has 0 amide bonds. The lowest BCUT2D eigenvalue weighted by molar-refractivity contribution is -0.143. The predicted molar refractivity (Wildman–Crippen MR) is 209 cm³/mol. The number of carboxylic acids is 2. The predicted octanol–water partition coefficient (Wildman–Crippen LogP) is 13.1. The first-order valence-electron chi connectivity index (χ1n) is 20.9. The fourth-order valence-corrected chi connectivity index (χ4v) is 8.18. The van der Waals surface area contributed by atoms with Crippen molar-refractivity contribution in [2.75, 3.05) is 5.75 Å². The van der Waals surface area contributed by atoms with E-state index in [2.05, 4.69) is 13.8 Å². The van der Waals surface area contributed by atoms with E-state index in [0.717, 1.165) is 50.3 Å². The minimum absolute atomic E-state index is 0.0534. The highest BCUT2D eigenvalue weighted by Crippen LogP contribution is 2.36. The number of unbranched alkanes of at least 4 members (excludes halogenated alkanes) is 28. The second-order valence-electron chi connectivity index (χ2n) is 14.6. The Labute approximate surface area is 306 Å². The lowest BCUT2D eigenvalue weighted by atomic mass is 9.88. The Kier molecular flexibility index (Phi) is 34.1. The van der Waals surface area contributed by atoms with Crippen molar-refractivity contribution in [2.45, 2.75) is 237 Å². The standard InChI is InChI=1S/C42H78O6S/c1-3-5-7-9-11-13-15-17-19-21-23-25-27-29-31-33-38(43)42(37-41(47)48,49-36-35-40(45)46)39(44)34-32-30-28-26-24-22-20-18-16-14-12-10-8-6-4-2/h3-37H2,1-2H3,(H,45,46)(H,47,48). The molecule has 0 saturated carbocycles. The third-order valence-corrected chi connectivity index (χ3v) is 11.5. The Morgan fingerprint density at radius 3 is 0.898 bits per heavy atom. The first-order chi connectivity index (χ1) is 23.8. The average molecular weight is 711 g/mol. The van der Waals surface area contributed by atoms with Gasteiger partial charge in [-0.05, 0) is 12.8 Å². The van der Waals surface area contributed by atoms with Crippen LogP contribution in [-0.4, -0.2) is 44.2 Å².